The van der Waals surface area contributed by atoms with Crippen molar-refractivity contribution in [2.45, 2.75) is 43.5 Å². The van der Waals surface area contributed by atoms with E-state index in [1.54, 1.807) is 13.0 Å². The average molecular weight is 406 g/mol. The van der Waals surface area contributed by atoms with Crippen LogP contribution in [0.5, 0.6) is 5.75 Å². The van der Waals surface area contributed by atoms with Crippen LogP contribution in [0.3, 0.4) is 0 Å². The van der Waals surface area contributed by atoms with Crippen LogP contribution in [0, 0.1) is 12.7 Å². The molecular formula is C20H23FN2O4S. The summed E-state index contributed by atoms with van der Waals surface area (Å²) in [5, 5.41) is 2.49. The van der Waals surface area contributed by atoms with E-state index >= 15 is 0 Å². The van der Waals surface area contributed by atoms with Gasteiger partial charge in [-0.2, -0.15) is 0 Å². The Hall–Kier alpha value is -2.45. The zero-order valence-corrected chi connectivity index (χ0v) is 16.6. The molecule has 0 atom stereocenters. The van der Waals surface area contributed by atoms with Gasteiger partial charge in [0, 0.05) is 11.6 Å². The van der Waals surface area contributed by atoms with Crippen LogP contribution >= 0.6 is 0 Å². The Morgan fingerprint density at radius 3 is 2.54 bits per heavy atom. The number of methoxy groups -OCH3 is 1. The van der Waals surface area contributed by atoms with Crippen molar-refractivity contribution in [3.63, 3.8) is 0 Å². The second kappa shape index (κ2) is 8.28. The molecule has 1 saturated carbocycles. The number of anilines is 1. The first-order valence-electron chi connectivity index (χ1n) is 9.08. The summed E-state index contributed by atoms with van der Waals surface area (Å²) in [4.78, 5) is 12.5. The number of halogens is 1. The number of carbonyl (C=O) groups excluding carboxylic acids is 1. The molecule has 2 N–H and O–H groups in total. The van der Waals surface area contributed by atoms with Gasteiger partial charge in [0.2, 0.25) is 10.0 Å². The second-order valence-corrected chi connectivity index (χ2v) is 8.59. The van der Waals surface area contributed by atoms with Crippen molar-refractivity contribution in [2.75, 3.05) is 12.4 Å². The molecule has 0 unspecified atom stereocenters. The van der Waals surface area contributed by atoms with Crippen molar-refractivity contribution >= 4 is 21.6 Å². The molecule has 150 valence electrons. The average Bonchev–Trinajstić information content (AvgIpc) is 3.16. The molecule has 2 aromatic rings. The predicted molar refractivity (Wildman–Crippen MR) is 105 cm³/mol. The van der Waals surface area contributed by atoms with Crippen LogP contribution in [0.2, 0.25) is 0 Å². The van der Waals surface area contributed by atoms with Gasteiger partial charge < -0.3 is 10.1 Å². The molecule has 0 spiro atoms. The zero-order valence-electron chi connectivity index (χ0n) is 15.8. The molecule has 0 bridgehead atoms. The van der Waals surface area contributed by atoms with E-state index in [2.05, 4.69) is 10.0 Å². The molecule has 0 aromatic heterocycles. The van der Waals surface area contributed by atoms with Gasteiger partial charge in [0.1, 0.15) is 16.5 Å². The fourth-order valence-electron chi connectivity index (χ4n) is 3.28. The van der Waals surface area contributed by atoms with Crippen LogP contribution in [0.1, 0.15) is 41.6 Å². The van der Waals surface area contributed by atoms with Gasteiger partial charge >= 0.3 is 0 Å². The third-order valence-electron chi connectivity index (χ3n) is 4.76. The number of carbonyl (C=O) groups is 1. The van der Waals surface area contributed by atoms with E-state index in [0.29, 0.717) is 0 Å². The molecule has 1 aliphatic rings. The van der Waals surface area contributed by atoms with E-state index in [9.17, 15) is 17.6 Å². The maximum absolute atomic E-state index is 13.9. The predicted octanol–water partition coefficient (Wildman–Crippen LogP) is 3.62. The topological polar surface area (TPSA) is 84.5 Å². The first kappa shape index (κ1) is 20.3. The third-order valence-corrected chi connectivity index (χ3v) is 6.30. The summed E-state index contributed by atoms with van der Waals surface area (Å²) >= 11 is 0. The molecule has 0 heterocycles. The lowest BCUT2D eigenvalue weighted by molar-refractivity contribution is 0.102. The van der Waals surface area contributed by atoms with Gasteiger partial charge in [-0.05, 0) is 55.7 Å². The molecule has 3 rings (SSSR count). The van der Waals surface area contributed by atoms with Crippen LogP contribution in [-0.2, 0) is 10.0 Å². The minimum Gasteiger partial charge on any atom is -0.495 e. The number of amides is 1. The number of rotatable bonds is 6. The fourth-order valence-corrected chi connectivity index (χ4v) is 4.78. The van der Waals surface area contributed by atoms with Gasteiger partial charge in [0.15, 0.2) is 0 Å². The molecule has 28 heavy (non-hydrogen) atoms. The summed E-state index contributed by atoms with van der Waals surface area (Å²) in [6, 6.07) is 8.36. The summed E-state index contributed by atoms with van der Waals surface area (Å²) in [6.07, 6.45) is 3.53. The van der Waals surface area contributed by atoms with E-state index in [0.717, 1.165) is 31.2 Å². The summed E-state index contributed by atoms with van der Waals surface area (Å²) in [7, 11) is -2.49. The zero-order chi connectivity index (χ0) is 20.3. The maximum atomic E-state index is 13.9. The van der Waals surface area contributed by atoms with Crippen molar-refractivity contribution < 1.29 is 22.3 Å². The lowest BCUT2D eigenvalue weighted by atomic mass is 10.1. The van der Waals surface area contributed by atoms with E-state index in [1.807, 2.05) is 0 Å². The lowest BCUT2D eigenvalue weighted by Gasteiger charge is -2.16. The number of benzene rings is 2. The van der Waals surface area contributed by atoms with Gasteiger partial charge in [0.05, 0.1) is 12.8 Å². The molecule has 2 aromatic carbocycles. The van der Waals surface area contributed by atoms with E-state index in [4.69, 9.17) is 4.74 Å². The quantitative estimate of drug-likeness (QED) is 0.767. The Balaban J connectivity index is 1.89. The molecule has 6 nitrogen and oxygen atoms in total. The Kier molecular flexibility index (Phi) is 6.00. The summed E-state index contributed by atoms with van der Waals surface area (Å²) in [5.41, 5.74) is 0.915. The minimum atomic E-state index is -3.86. The lowest BCUT2D eigenvalue weighted by Crippen LogP contribution is -2.33. The van der Waals surface area contributed by atoms with Crippen molar-refractivity contribution in [2.24, 2.45) is 0 Å². The molecule has 1 aliphatic carbocycles. The van der Waals surface area contributed by atoms with E-state index in [-0.39, 0.29) is 27.9 Å². The maximum Gasteiger partial charge on any atom is 0.255 e. The fraction of sp³-hybridized carbons (Fsp3) is 0.350. The highest BCUT2D eigenvalue weighted by Crippen LogP contribution is 2.28. The Bertz CT molecular complexity index is 986. The monoisotopic (exact) mass is 406 g/mol. The number of sulfonamides is 1. The summed E-state index contributed by atoms with van der Waals surface area (Å²) in [5.74, 6) is -1.03. The van der Waals surface area contributed by atoms with Crippen molar-refractivity contribution in [3.05, 3.63) is 53.3 Å². The molecule has 0 saturated heterocycles. The molecule has 0 aliphatic heterocycles. The van der Waals surface area contributed by atoms with Crippen molar-refractivity contribution in [1.29, 1.82) is 0 Å². The van der Waals surface area contributed by atoms with Crippen LogP contribution in [0.4, 0.5) is 10.1 Å². The van der Waals surface area contributed by atoms with Gasteiger partial charge in [0.25, 0.3) is 5.91 Å². The SMILES string of the molecule is COc1ccc(C(=O)Nc2cc(C)ccc2F)cc1S(=O)(=O)NC1CCCC1. The largest absolute Gasteiger partial charge is 0.495 e. The number of hydrogen-bond acceptors (Lipinski definition) is 4. The van der Waals surface area contributed by atoms with Gasteiger partial charge in [-0.1, -0.05) is 18.9 Å². The normalized spacial score (nSPS) is 14.8. The number of hydrogen-bond donors (Lipinski definition) is 2. The first-order chi connectivity index (χ1) is 13.3. The molecule has 0 radical (unpaired) electrons. The summed E-state index contributed by atoms with van der Waals surface area (Å²) in [6.45, 7) is 1.78. The number of ether oxygens (including phenoxy) is 1. The summed E-state index contributed by atoms with van der Waals surface area (Å²) < 4.78 is 47.4. The Morgan fingerprint density at radius 1 is 1.14 bits per heavy atom. The smallest absolute Gasteiger partial charge is 0.255 e. The molecule has 1 amide bonds. The highest BCUT2D eigenvalue weighted by molar-refractivity contribution is 7.89. The highest BCUT2D eigenvalue weighted by atomic mass is 32.2. The van der Waals surface area contributed by atoms with E-state index < -0.39 is 21.7 Å². The van der Waals surface area contributed by atoms with Crippen LogP contribution in [0.15, 0.2) is 41.3 Å². The van der Waals surface area contributed by atoms with Gasteiger partial charge in [-0.25, -0.2) is 17.5 Å². The van der Waals surface area contributed by atoms with Crippen molar-refractivity contribution in [1.82, 2.24) is 4.72 Å². The van der Waals surface area contributed by atoms with E-state index in [1.165, 1.54) is 37.4 Å². The Morgan fingerprint density at radius 2 is 1.86 bits per heavy atom. The molecule has 8 heteroatoms. The third kappa shape index (κ3) is 4.51. The standard InChI is InChI=1S/C20H23FN2O4S/c1-13-7-9-16(21)17(11-13)22-20(24)14-8-10-18(27-2)19(12-14)28(25,26)23-15-5-3-4-6-15/h7-12,15,23H,3-6H2,1-2H3,(H,22,24). The first-order valence-corrected chi connectivity index (χ1v) is 10.6. The van der Waals surface area contributed by atoms with Crippen molar-refractivity contribution in [3.8, 4) is 5.75 Å². The number of aryl methyl sites for hydroxylation is 1. The Labute approximate surface area is 164 Å². The highest BCUT2D eigenvalue weighted by Gasteiger charge is 2.26. The van der Waals surface area contributed by atoms with Gasteiger partial charge in [-0.15, -0.1) is 0 Å². The van der Waals surface area contributed by atoms with Crippen LogP contribution in [-0.4, -0.2) is 27.5 Å². The number of nitrogens with one attached hydrogen (secondary N) is 2. The second-order valence-electron chi connectivity index (χ2n) is 6.91. The van der Waals surface area contributed by atoms with Crippen LogP contribution < -0.4 is 14.8 Å². The molecular weight excluding hydrogens is 383 g/mol. The minimum absolute atomic E-state index is 0.0364. The molecule has 1 fully saturated rings. The van der Waals surface area contributed by atoms with Gasteiger partial charge in [-0.3, -0.25) is 4.79 Å². The van der Waals surface area contributed by atoms with Crippen LogP contribution in [0.25, 0.3) is 0 Å².